The van der Waals surface area contributed by atoms with Crippen molar-refractivity contribution >= 4 is 38.9 Å². The Morgan fingerprint density at radius 2 is 2.03 bits per heavy atom. The molecule has 29 heavy (non-hydrogen) atoms. The van der Waals surface area contributed by atoms with Gasteiger partial charge < -0.3 is 20.8 Å². The first-order valence-electron chi connectivity index (χ1n) is 9.20. The van der Waals surface area contributed by atoms with Crippen LogP contribution in [0.15, 0.2) is 47.1 Å². The first-order valence-corrected chi connectivity index (χ1v) is 10.00. The summed E-state index contributed by atoms with van der Waals surface area (Å²) in [4.78, 5) is 23.6. The number of ether oxygens (including phenoxy) is 1. The second-order valence-corrected chi connectivity index (χ2v) is 8.15. The zero-order chi connectivity index (χ0) is 20.1. The molecule has 1 saturated carbocycles. The van der Waals surface area contributed by atoms with Crippen LogP contribution in [0.4, 0.5) is 14.9 Å². The van der Waals surface area contributed by atoms with Crippen molar-refractivity contribution in [2.45, 2.75) is 18.6 Å². The molecule has 148 valence electrons. The number of amides is 1. The van der Waals surface area contributed by atoms with Gasteiger partial charge in [-0.15, -0.1) is 0 Å². The van der Waals surface area contributed by atoms with E-state index in [4.69, 9.17) is 10.5 Å². The number of benzene rings is 1. The number of aromatic nitrogens is 3. The summed E-state index contributed by atoms with van der Waals surface area (Å²) in [7, 11) is 0. The molecule has 2 bridgehead atoms. The molecule has 0 aliphatic heterocycles. The number of nitrogens with zero attached hydrogens (tertiary/aromatic N) is 2. The molecule has 0 unspecified atom stereocenters. The number of fused-ring (bicyclic) bond motifs is 3. The van der Waals surface area contributed by atoms with E-state index in [9.17, 15) is 9.18 Å². The summed E-state index contributed by atoms with van der Waals surface area (Å²) in [5.41, 5.74) is 8.06. The molecule has 7 nitrogen and oxygen atoms in total. The average Bonchev–Trinajstić information content (AvgIpc) is 3.40. The Morgan fingerprint density at radius 1 is 1.28 bits per heavy atom. The summed E-state index contributed by atoms with van der Waals surface area (Å²) < 4.78 is 19.4. The number of aromatic amines is 1. The van der Waals surface area contributed by atoms with Gasteiger partial charge >= 0.3 is 6.09 Å². The SMILES string of the molecule is NC(=O)O[C@@H]1[C@H](Nc2c(Br)cnc3nc(-c4ccc(F)cc4)[nH]c23)[C@H]2C=C[C@@H]1C2. The van der Waals surface area contributed by atoms with Crippen molar-refractivity contribution in [2.75, 3.05) is 5.32 Å². The highest BCUT2D eigenvalue weighted by molar-refractivity contribution is 9.10. The number of imidazole rings is 1. The summed E-state index contributed by atoms with van der Waals surface area (Å²) in [5, 5.41) is 3.51. The van der Waals surface area contributed by atoms with Crippen LogP contribution in [0, 0.1) is 17.7 Å². The number of H-pyrrole nitrogens is 1. The van der Waals surface area contributed by atoms with Crippen LogP contribution in [0.5, 0.6) is 0 Å². The number of carbonyl (C=O) groups excluding carboxylic acids is 1. The van der Waals surface area contributed by atoms with Crippen LogP contribution < -0.4 is 11.1 Å². The number of hydrogen-bond donors (Lipinski definition) is 3. The molecular formula is C20H17BrFN5O2. The predicted octanol–water partition coefficient (Wildman–Crippen LogP) is 3.98. The fourth-order valence-corrected chi connectivity index (χ4v) is 4.66. The lowest BCUT2D eigenvalue weighted by Crippen LogP contribution is -2.41. The lowest BCUT2D eigenvalue weighted by molar-refractivity contribution is 0.0854. The third-order valence-electron chi connectivity index (χ3n) is 5.54. The Bertz CT molecular complexity index is 1130. The standard InChI is InChI=1S/C20H17BrFN5O2/c21-13-8-24-19-16(26-18(27-19)9-3-5-12(22)6-4-9)15(13)25-14-10-1-2-11(7-10)17(14)29-20(23)28/h1-6,8,10-11,14,17H,7H2,(H2,23,28)(H2,24,25,26,27)/t10-,11+,14+,17-/m0/s1. The monoisotopic (exact) mass is 457 g/mol. The number of pyridine rings is 1. The van der Waals surface area contributed by atoms with Crippen LogP contribution in [0.2, 0.25) is 0 Å². The van der Waals surface area contributed by atoms with Crippen molar-refractivity contribution in [3.05, 3.63) is 52.9 Å². The van der Waals surface area contributed by atoms with E-state index in [2.05, 4.69) is 48.4 Å². The maximum atomic E-state index is 13.2. The maximum Gasteiger partial charge on any atom is 0.404 e. The highest BCUT2D eigenvalue weighted by Crippen LogP contribution is 2.44. The van der Waals surface area contributed by atoms with Crippen LogP contribution in [0.3, 0.4) is 0 Å². The Morgan fingerprint density at radius 3 is 2.79 bits per heavy atom. The number of halogens is 2. The molecule has 2 heterocycles. The van der Waals surface area contributed by atoms with Gasteiger partial charge in [0, 0.05) is 23.6 Å². The van der Waals surface area contributed by atoms with Gasteiger partial charge in [-0.2, -0.15) is 0 Å². The van der Waals surface area contributed by atoms with Gasteiger partial charge in [0.05, 0.1) is 16.2 Å². The van der Waals surface area contributed by atoms with Crippen LogP contribution in [0.25, 0.3) is 22.6 Å². The molecule has 3 aromatic rings. The number of hydrogen-bond acceptors (Lipinski definition) is 5. The Hall–Kier alpha value is -2.94. The molecule has 0 spiro atoms. The molecule has 2 aliphatic carbocycles. The van der Waals surface area contributed by atoms with Gasteiger partial charge in [-0.05, 0) is 46.6 Å². The van der Waals surface area contributed by atoms with E-state index < -0.39 is 6.09 Å². The van der Waals surface area contributed by atoms with E-state index >= 15 is 0 Å². The first kappa shape index (κ1) is 18.1. The fraction of sp³-hybridized carbons (Fsp3) is 0.250. The fourth-order valence-electron chi connectivity index (χ4n) is 4.25. The van der Waals surface area contributed by atoms with Crippen molar-refractivity contribution in [1.82, 2.24) is 15.0 Å². The molecule has 4 N–H and O–H groups in total. The lowest BCUT2D eigenvalue weighted by atomic mass is 9.98. The van der Waals surface area contributed by atoms with E-state index in [-0.39, 0.29) is 29.8 Å². The van der Waals surface area contributed by atoms with Gasteiger partial charge in [0.2, 0.25) is 0 Å². The van der Waals surface area contributed by atoms with E-state index in [1.165, 1.54) is 12.1 Å². The smallest absolute Gasteiger partial charge is 0.404 e. The second-order valence-electron chi connectivity index (χ2n) is 7.29. The van der Waals surface area contributed by atoms with E-state index in [0.717, 1.165) is 22.1 Å². The van der Waals surface area contributed by atoms with Crippen LogP contribution in [0.1, 0.15) is 6.42 Å². The van der Waals surface area contributed by atoms with E-state index in [1.807, 2.05) is 0 Å². The molecule has 9 heteroatoms. The van der Waals surface area contributed by atoms with Crippen LogP contribution >= 0.6 is 15.9 Å². The number of nitrogens with two attached hydrogens (primary N) is 1. The summed E-state index contributed by atoms with van der Waals surface area (Å²) in [6.07, 6.45) is 5.69. The van der Waals surface area contributed by atoms with Gasteiger partial charge in [-0.3, -0.25) is 0 Å². The van der Waals surface area contributed by atoms with Crippen molar-refractivity contribution in [3.63, 3.8) is 0 Å². The van der Waals surface area contributed by atoms with Crippen LogP contribution in [-0.4, -0.2) is 33.2 Å². The molecule has 1 aromatic carbocycles. The molecule has 4 atom stereocenters. The summed E-state index contributed by atoms with van der Waals surface area (Å²) in [6.45, 7) is 0. The molecule has 1 fully saturated rings. The summed E-state index contributed by atoms with van der Waals surface area (Å²) >= 11 is 3.55. The number of carbonyl (C=O) groups is 1. The zero-order valence-corrected chi connectivity index (χ0v) is 16.7. The predicted molar refractivity (Wildman–Crippen MR) is 110 cm³/mol. The Kier molecular flexibility index (Phi) is 4.27. The minimum absolute atomic E-state index is 0.114. The average molecular weight is 458 g/mol. The normalized spacial score (nSPS) is 24.9. The third-order valence-corrected chi connectivity index (χ3v) is 6.14. The molecule has 5 rings (SSSR count). The second kappa shape index (κ2) is 6.84. The maximum absolute atomic E-state index is 13.2. The summed E-state index contributed by atoms with van der Waals surface area (Å²) in [6, 6.07) is 5.98. The molecule has 2 aliphatic rings. The molecule has 0 saturated heterocycles. The van der Waals surface area contributed by atoms with Gasteiger partial charge in [0.25, 0.3) is 0 Å². The Labute approximate surface area is 173 Å². The zero-order valence-electron chi connectivity index (χ0n) is 15.1. The van der Waals surface area contributed by atoms with Crippen molar-refractivity contribution < 1.29 is 13.9 Å². The lowest BCUT2D eigenvalue weighted by Gasteiger charge is -2.29. The minimum atomic E-state index is -0.776. The largest absolute Gasteiger partial charge is 0.444 e. The molecule has 0 radical (unpaired) electrons. The molecule has 2 aromatic heterocycles. The van der Waals surface area contributed by atoms with Gasteiger partial charge in [-0.1, -0.05) is 12.2 Å². The van der Waals surface area contributed by atoms with E-state index in [1.54, 1.807) is 18.3 Å². The summed E-state index contributed by atoms with van der Waals surface area (Å²) in [5.74, 6) is 0.668. The van der Waals surface area contributed by atoms with Gasteiger partial charge in [0.1, 0.15) is 23.3 Å². The van der Waals surface area contributed by atoms with Crippen molar-refractivity contribution in [1.29, 1.82) is 0 Å². The molecular weight excluding hydrogens is 441 g/mol. The number of primary amides is 1. The van der Waals surface area contributed by atoms with Gasteiger partial charge in [-0.25, -0.2) is 19.2 Å². The highest BCUT2D eigenvalue weighted by atomic mass is 79.9. The number of nitrogens with one attached hydrogen (secondary N) is 2. The quantitative estimate of drug-likeness (QED) is 0.513. The first-order chi connectivity index (χ1) is 14.0. The number of anilines is 1. The van der Waals surface area contributed by atoms with Crippen molar-refractivity contribution in [3.8, 4) is 11.4 Å². The van der Waals surface area contributed by atoms with Gasteiger partial charge in [0.15, 0.2) is 5.65 Å². The minimum Gasteiger partial charge on any atom is -0.444 e. The van der Waals surface area contributed by atoms with E-state index in [0.29, 0.717) is 17.0 Å². The Balaban J connectivity index is 1.52. The third kappa shape index (κ3) is 3.15. The van der Waals surface area contributed by atoms with Crippen molar-refractivity contribution in [2.24, 2.45) is 17.6 Å². The van der Waals surface area contributed by atoms with Crippen LogP contribution in [-0.2, 0) is 4.74 Å². The highest BCUT2D eigenvalue weighted by Gasteiger charge is 2.47. The molecule has 1 amide bonds. The topological polar surface area (TPSA) is 106 Å². The number of rotatable bonds is 4.